The molecule has 1 fully saturated rings. The average Bonchev–Trinajstić information content (AvgIpc) is 2.67. The molecule has 17 heavy (non-hydrogen) atoms. The zero-order valence-electron chi connectivity index (χ0n) is 11.2. The summed E-state index contributed by atoms with van der Waals surface area (Å²) >= 11 is 0. The maximum atomic E-state index is 4.54. The number of nitrogens with zero attached hydrogens (tertiary/aromatic N) is 1. The van der Waals surface area contributed by atoms with Crippen LogP contribution in [-0.2, 0) is 6.54 Å². The molecule has 2 heteroatoms. The van der Waals surface area contributed by atoms with E-state index in [-0.39, 0.29) is 0 Å². The van der Waals surface area contributed by atoms with Crippen LogP contribution in [-0.4, -0.2) is 11.0 Å². The van der Waals surface area contributed by atoms with E-state index in [1.54, 1.807) is 0 Å². The Labute approximate surface area is 105 Å². The lowest BCUT2D eigenvalue weighted by atomic mass is 9.93. The zero-order valence-corrected chi connectivity index (χ0v) is 11.2. The Hall–Kier alpha value is -0.890. The van der Waals surface area contributed by atoms with Gasteiger partial charge in [-0.3, -0.25) is 4.98 Å². The summed E-state index contributed by atoms with van der Waals surface area (Å²) in [6, 6.07) is 6.93. The van der Waals surface area contributed by atoms with Crippen molar-refractivity contribution in [1.29, 1.82) is 0 Å². The minimum absolute atomic E-state index is 0.683. The summed E-state index contributed by atoms with van der Waals surface area (Å²) in [5.74, 6) is 1.72. The van der Waals surface area contributed by atoms with Gasteiger partial charge in [-0.1, -0.05) is 26.3 Å². The molecular formula is C15H24N2. The molecule has 2 rings (SSSR count). The van der Waals surface area contributed by atoms with E-state index in [1.165, 1.54) is 19.3 Å². The Morgan fingerprint density at radius 3 is 2.82 bits per heavy atom. The molecular weight excluding hydrogens is 208 g/mol. The molecule has 1 saturated carbocycles. The molecule has 1 aromatic rings. The largest absolute Gasteiger partial charge is 0.308 e. The first-order valence-corrected chi connectivity index (χ1v) is 6.86. The van der Waals surface area contributed by atoms with Gasteiger partial charge in [0.05, 0.1) is 5.69 Å². The van der Waals surface area contributed by atoms with Crippen molar-refractivity contribution in [1.82, 2.24) is 10.3 Å². The van der Waals surface area contributed by atoms with Gasteiger partial charge in [-0.05, 0) is 43.7 Å². The number of aromatic nitrogens is 1. The van der Waals surface area contributed by atoms with Gasteiger partial charge in [-0.15, -0.1) is 0 Å². The van der Waals surface area contributed by atoms with E-state index < -0.39 is 0 Å². The third kappa shape index (κ3) is 3.06. The summed E-state index contributed by atoms with van der Waals surface area (Å²) in [5.41, 5.74) is 2.27. The van der Waals surface area contributed by atoms with Gasteiger partial charge >= 0.3 is 0 Å². The third-order valence-electron chi connectivity index (χ3n) is 4.24. The van der Waals surface area contributed by atoms with Crippen molar-refractivity contribution in [2.75, 3.05) is 0 Å². The number of rotatable bonds is 4. The van der Waals surface area contributed by atoms with Gasteiger partial charge in [-0.2, -0.15) is 0 Å². The topological polar surface area (TPSA) is 24.9 Å². The monoisotopic (exact) mass is 232 g/mol. The van der Waals surface area contributed by atoms with Crippen LogP contribution in [0.25, 0.3) is 0 Å². The molecule has 0 radical (unpaired) electrons. The third-order valence-corrected chi connectivity index (χ3v) is 4.24. The van der Waals surface area contributed by atoms with Crippen LogP contribution in [0.2, 0.25) is 0 Å². The first-order chi connectivity index (χ1) is 8.20. The number of pyridine rings is 1. The molecule has 0 aliphatic heterocycles. The van der Waals surface area contributed by atoms with Crippen LogP contribution in [0.3, 0.4) is 0 Å². The van der Waals surface area contributed by atoms with Gasteiger partial charge in [0.25, 0.3) is 0 Å². The minimum atomic E-state index is 0.683. The normalized spacial score (nSPS) is 28.5. The highest BCUT2D eigenvalue weighted by Gasteiger charge is 2.30. The standard InChI is InChI=1S/C15H24N2/c1-4-13-8-9-15(12(13)3)16-10-14-7-5-6-11(2)17-14/h5-7,12-13,15-16H,4,8-10H2,1-3H3. The van der Waals surface area contributed by atoms with E-state index in [0.29, 0.717) is 6.04 Å². The van der Waals surface area contributed by atoms with Crippen molar-refractivity contribution in [3.63, 3.8) is 0 Å². The van der Waals surface area contributed by atoms with Crippen molar-refractivity contribution in [3.8, 4) is 0 Å². The molecule has 0 bridgehead atoms. The summed E-state index contributed by atoms with van der Waals surface area (Å²) in [7, 11) is 0. The molecule has 0 spiro atoms. The van der Waals surface area contributed by atoms with Gasteiger partial charge in [0.2, 0.25) is 0 Å². The van der Waals surface area contributed by atoms with E-state index in [1.807, 2.05) is 0 Å². The smallest absolute Gasteiger partial charge is 0.0544 e. The zero-order chi connectivity index (χ0) is 12.3. The van der Waals surface area contributed by atoms with Gasteiger partial charge in [-0.25, -0.2) is 0 Å². The Morgan fingerprint density at radius 1 is 1.35 bits per heavy atom. The summed E-state index contributed by atoms with van der Waals surface area (Å²) in [6.07, 6.45) is 4.03. The second-order valence-corrected chi connectivity index (χ2v) is 5.36. The van der Waals surface area contributed by atoms with Crippen molar-refractivity contribution in [2.45, 2.75) is 52.6 Å². The van der Waals surface area contributed by atoms with E-state index >= 15 is 0 Å². The molecule has 2 nitrogen and oxygen atoms in total. The maximum Gasteiger partial charge on any atom is 0.0544 e. The van der Waals surface area contributed by atoms with E-state index in [4.69, 9.17) is 0 Å². The van der Waals surface area contributed by atoms with Crippen molar-refractivity contribution in [3.05, 3.63) is 29.6 Å². The average molecular weight is 232 g/mol. The molecule has 0 amide bonds. The molecule has 1 N–H and O–H groups in total. The molecule has 3 unspecified atom stereocenters. The minimum Gasteiger partial charge on any atom is -0.308 e. The first-order valence-electron chi connectivity index (χ1n) is 6.86. The van der Waals surface area contributed by atoms with Crippen LogP contribution >= 0.6 is 0 Å². The molecule has 1 aliphatic rings. The Balaban J connectivity index is 1.87. The Bertz CT molecular complexity index is 362. The van der Waals surface area contributed by atoms with Gasteiger partial charge < -0.3 is 5.32 Å². The molecule has 94 valence electrons. The van der Waals surface area contributed by atoms with Gasteiger partial charge in [0.1, 0.15) is 0 Å². The van der Waals surface area contributed by atoms with Crippen LogP contribution in [0, 0.1) is 18.8 Å². The van der Waals surface area contributed by atoms with E-state index in [0.717, 1.165) is 29.8 Å². The Kier molecular flexibility index (Phi) is 4.16. The lowest BCUT2D eigenvalue weighted by Crippen LogP contribution is -2.32. The summed E-state index contributed by atoms with van der Waals surface area (Å²) in [5, 5.41) is 3.68. The molecule has 3 atom stereocenters. The van der Waals surface area contributed by atoms with Gasteiger partial charge in [0, 0.05) is 18.3 Å². The van der Waals surface area contributed by atoms with Gasteiger partial charge in [0.15, 0.2) is 0 Å². The predicted octanol–water partition coefficient (Wildman–Crippen LogP) is 3.30. The molecule has 1 heterocycles. The van der Waals surface area contributed by atoms with Crippen LogP contribution in [0.1, 0.15) is 44.5 Å². The summed E-state index contributed by atoms with van der Waals surface area (Å²) in [6.45, 7) is 7.66. The van der Waals surface area contributed by atoms with Crippen molar-refractivity contribution < 1.29 is 0 Å². The first kappa shape index (κ1) is 12.6. The van der Waals surface area contributed by atoms with Crippen LogP contribution < -0.4 is 5.32 Å². The highest BCUT2D eigenvalue weighted by molar-refractivity contribution is 5.09. The predicted molar refractivity (Wildman–Crippen MR) is 71.8 cm³/mol. The quantitative estimate of drug-likeness (QED) is 0.861. The molecule has 1 aromatic heterocycles. The summed E-state index contributed by atoms with van der Waals surface area (Å²) < 4.78 is 0. The van der Waals surface area contributed by atoms with E-state index in [9.17, 15) is 0 Å². The second-order valence-electron chi connectivity index (χ2n) is 5.36. The fraction of sp³-hybridized carbons (Fsp3) is 0.667. The maximum absolute atomic E-state index is 4.54. The molecule has 0 aromatic carbocycles. The lowest BCUT2D eigenvalue weighted by Gasteiger charge is -2.20. The fourth-order valence-corrected chi connectivity index (χ4v) is 3.05. The number of nitrogens with one attached hydrogen (secondary N) is 1. The number of hydrogen-bond donors (Lipinski definition) is 1. The van der Waals surface area contributed by atoms with Crippen LogP contribution in [0.15, 0.2) is 18.2 Å². The van der Waals surface area contributed by atoms with E-state index in [2.05, 4.69) is 49.3 Å². The molecule has 1 aliphatic carbocycles. The fourth-order valence-electron chi connectivity index (χ4n) is 3.05. The molecule has 0 saturated heterocycles. The SMILES string of the molecule is CCC1CCC(NCc2cccc(C)n2)C1C. The Morgan fingerprint density at radius 2 is 2.18 bits per heavy atom. The number of aryl methyl sites for hydroxylation is 1. The second kappa shape index (κ2) is 5.63. The van der Waals surface area contributed by atoms with Crippen molar-refractivity contribution in [2.24, 2.45) is 11.8 Å². The van der Waals surface area contributed by atoms with Crippen LogP contribution in [0.4, 0.5) is 0 Å². The van der Waals surface area contributed by atoms with Crippen molar-refractivity contribution >= 4 is 0 Å². The lowest BCUT2D eigenvalue weighted by molar-refractivity contribution is 0.343. The summed E-state index contributed by atoms with van der Waals surface area (Å²) in [4.78, 5) is 4.54. The number of hydrogen-bond acceptors (Lipinski definition) is 2. The highest BCUT2D eigenvalue weighted by atomic mass is 14.9. The highest BCUT2D eigenvalue weighted by Crippen LogP contribution is 2.33. The van der Waals surface area contributed by atoms with Crippen LogP contribution in [0.5, 0.6) is 0 Å².